The zero-order valence-electron chi connectivity index (χ0n) is 27.3. The first-order valence-corrected chi connectivity index (χ1v) is 15.6. The van der Waals surface area contributed by atoms with Gasteiger partial charge in [-0.1, -0.05) is 37.3 Å². The number of nitrogens with one attached hydrogen (secondary N) is 2. The Hall–Kier alpha value is -4.06. The van der Waals surface area contributed by atoms with Crippen LogP contribution in [0.1, 0.15) is 37.8 Å². The number of ether oxygens (including phenoxy) is 1. The standard InChI is InChI=1S/C29H42N8O4.C2HF3O2/c1-5-23(38)32-21-14-22(26(40)25(21)39)37-17-30-24-27(31-19(16-41-4)13-18-9-7-6-8-10-18)33-29(34-28(24)37)36-12-11-20(15-36)35(2)3;3-2(4,5)1(6)7/h6-10,17,19-22,25-26,39-40H,5,11-16H2,1-4H3,(H,32,38)(H,31,33,34);(H,6,7)/t19-,20+,21-,22+,25+,26-;/m0./s1. The number of nitrogens with zero attached hydrogens (tertiary/aromatic N) is 6. The van der Waals surface area contributed by atoms with Gasteiger partial charge in [0.05, 0.1) is 31.1 Å². The van der Waals surface area contributed by atoms with E-state index in [1.165, 1.54) is 5.56 Å². The number of alkyl halides is 3. The second-order valence-electron chi connectivity index (χ2n) is 12.1. The summed E-state index contributed by atoms with van der Waals surface area (Å²) >= 11 is 0. The Morgan fingerprint density at radius 3 is 2.42 bits per heavy atom. The van der Waals surface area contributed by atoms with Crippen molar-refractivity contribution < 1.29 is 42.8 Å². The van der Waals surface area contributed by atoms with E-state index in [2.05, 4.69) is 51.6 Å². The number of carbonyl (C=O) groups is 2. The number of rotatable bonds is 11. The smallest absolute Gasteiger partial charge is 0.475 e. The van der Waals surface area contributed by atoms with Gasteiger partial charge in [-0.2, -0.15) is 23.1 Å². The minimum atomic E-state index is -5.08. The summed E-state index contributed by atoms with van der Waals surface area (Å²) in [5, 5.41) is 35.3. The summed E-state index contributed by atoms with van der Waals surface area (Å²) in [6.45, 7) is 3.85. The topological polar surface area (TPSA) is 178 Å². The fourth-order valence-electron chi connectivity index (χ4n) is 5.92. The van der Waals surface area contributed by atoms with Gasteiger partial charge in [0.1, 0.15) is 12.2 Å². The lowest BCUT2D eigenvalue weighted by molar-refractivity contribution is -0.192. The zero-order chi connectivity index (χ0) is 35.2. The summed E-state index contributed by atoms with van der Waals surface area (Å²) in [4.78, 5) is 40.0. The molecule has 14 nitrogen and oxygen atoms in total. The monoisotopic (exact) mass is 680 g/mol. The molecule has 1 aliphatic carbocycles. The summed E-state index contributed by atoms with van der Waals surface area (Å²) in [5.74, 6) is -1.74. The maximum absolute atomic E-state index is 12.1. The van der Waals surface area contributed by atoms with E-state index in [0.29, 0.717) is 48.4 Å². The molecule has 5 rings (SSSR count). The van der Waals surface area contributed by atoms with Crippen LogP contribution in [0.2, 0.25) is 0 Å². The van der Waals surface area contributed by atoms with Crippen molar-refractivity contribution in [3.8, 4) is 0 Å². The van der Waals surface area contributed by atoms with Crippen LogP contribution in [-0.2, 0) is 20.7 Å². The Kier molecular flexibility index (Phi) is 12.2. The largest absolute Gasteiger partial charge is 0.490 e. The van der Waals surface area contributed by atoms with E-state index in [0.717, 1.165) is 25.9 Å². The molecule has 264 valence electrons. The molecule has 1 aliphatic heterocycles. The van der Waals surface area contributed by atoms with Crippen LogP contribution in [0, 0.1) is 0 Å². The first-order valence-electron chi connectivity index (χ1n) is 15.6. The Bertz CT molecular complexity index is 1530. The van der Waals surface area contributed by atoms with Crippen molar-refractivity contribution >= 4 is 34.8 Å². The summed E-state index contributed by atoms with van der Waals surface area (Å²) < 4.78 is 39.1. The highest BCUT2D eigenvalue weighted by Gasteiger charge is 2.44. The molecule has 1 saturated carbocycles. The number of hydrogen-bond acceptors (Lipinski definition) is 11. The molecule has 0 unspecified atom stereocenters. The molecule has 2 aliphatic rings. The number of carboxylic acids is 1. The molecule has 1 amide bonds. The SMILES string of the molecule is CCC(=O)N[C@H]1C[C@@H](n2cnc3c(N[C@H](COC)Cc4ccccc4)nc(N4CC[C@@H](N(C)C)C4)nc32)[C@H](O)[C@@H]1O.O=C(O)C(F)(F)F. The van der Waals surface area contributed by atoms with Crippen molar-refractivity contribution in [2.75, 3.05) is 51.1 Å². The van der Waals surface area contributed by atoms with Crippen LogP contribution in [-0.4, -0.2) is 129 Å². The van der Waals surface area contributed by atoms with Crippen LogP contribution in [0.4, 0.5) is 24.9 Å². The summed E-state index contributed by atoms with van der Waals surface area (Å²) in [7, 11) is 5.85. The van der Waals surface area contributed by atoms with E-state index < -0.39 is 36.4 Å². The van der Waals surface area contributed by atoms with Gasteiger partial charge < -0.3 is 45.1 Å². The third kappa shape index (κ3) is 8.89. The van der Waals surface area contributed by atoms with Gasteiger partial charge in [0.2, 0.25) is 11.9 Å². The highest BCUT2D eigenvalue weighted by atomic mass is 19.4. The van der Waals surface area contributed by atoms with Crippen molar-refractivity contribution in [2.24, 2.45) is 0 Å². The van der Waals surface area contributed by atoms with Gasteiger partial charge >= 0.3 is 12.1 Å². The summed E-state index contributed by atoms with van der Waals surface area (Å²) in [6.07, 6.45) is -3.23. The second-order valence-corrected chi connectivity index (χ2v) is 12.1. The van der Waals surface area contributed by atoms with Crippen molar-refractivity contribution in [1.29, 1.82) is 0 Å². The van der Waals surface area contributed by atoms with Crippen LogP contribution in [0.25, 0.3) is 11.2 Å². The molecule has 17 heteroatoms. The fraction of sp³-hybridized carbons (Fsp3) is 0.581. The average molecular weight is 681 g/mol. The molecule has 0 bridgehead atoms. The molecule has 1 aromatic carbocycles. The molecule has 2 fully saturated rings. The number of likely N-dealkylation sites (N-methyl/N-ethyl adjacent to an activating group) is 1. The number of imidazole rings is 1. The number of aromatic nitrogens is 4. The third-order valence-electron chi connectivity index (χ3n) is 8.54. The van der Waals surface area contributed by atoms with Gasteiger partial charge in [-0.25, -0.2) is 9.78 Å². The normalized spacial score (nSPS) is 23.2. The Balaban J connectivity index is 0.000000671. The van der Waals surface area contributed by atoms with Crippen molar-refractivity contribution in [3.63, 3.8) is 0 Å². The lowest BCUT2D eigenvalue weighted by atomic mass is 10.1. The number of methoxy groups -OCH3 is 1. The number of hydrogen-bond donors (Lipinski definition) is 5. The highest BCUT2D eigenvalue weighted by molar-refractivity contribution is 5.85. The number of carboxylic acid groups (broad SMARTS) is 1. The minimum absolute atomic E-state index is 0.0702. The Morgan fingerprint density at radius 2 is 1.83 bits per heavy atom. The van der Waals surface area contributed by atoms with Gasteiger partial charge in [0.15, 0.2) is 17.0 Å². The van der Waals surface area contributed by atoms with Crippen LogP contribution in [0.5, 0.6) is 0 Å². The van der Waals surface area contributed by atoms with Crippen LogP contribution in [0.15, 0.2) is 36.7 Å². The van der Waals surface area contributed by atoms with E-state index in [1.54, 1.807) is 20.4 Å². The number of aliphatic carboxylic acids is 1. The van der Waals surface area contributed by atoms with Crippen molar-refractivity contribution in [1.82, 2.24) is 29.7 Å². The molecule has 3 aromatic rings. The van der Waals surface area contributed by atoms with Gasteiger partial charge in [-0.15, -0.1) is 0 Å². The molecule has 0 radical (unpaired) electrons. The molecule has 5 N–H and O–H groups in total. The predicted molar refractivity (Wildman–Crippen MR) is 171 cm³/mol. The number of carbonyl (C=O) groups excluding carboxylic acids is 1. The zero-order valence-corrected chi connectivity index (χ0v) is 27.3. The van der Waals surface area contributed by atoms with E-state index in [1.807, 2.05) is 22.8 Å². The molecule has 2 aromatic heterocycles. The molecular weight excluding hydrogens is 637 g/mol. The molecular formula is C31H43F3N8O6. The van der Waals surface area contributed by atoms with Gasteiger partial charge in [-0.05, 0) is 38.9 Å². The number of aliphatic hydroxyl groups excluding tert-OH is 2. The summed E-state index contributed by atoms with van der Waals surface area (Å²) in [5.41, 5.74) is 2.32. The Labute approximate surface area is 275 Å². The molecule has 3 heterocycles. The fourth-order valence-corrected chi connectivity index (χ4v) is 5.92. The lowest BCUT2D eigenvalue weighted by Gasteiger charge is -2.23. The number of fused-ring (bicyclic) bond motifs is 1. The maximum Gasteiger partial charge on any atom is 0.490 e. The summed E-state index contributed by atoms with van der Waals surface area (Å²) in [6, 6.07) is 9.47. The number of halogens is 3. The molecule has 48 heavy (non-hydrogen) atoms. The quantitative estimate of drug-likeness (QED) is 0.199. The van der Waals surface area contributed by atoms with Crippen LogP contribution in [0.3, 0.4) is 0 Å². The van der Waals surface area contributed by atoms with E-state index in [9.17, 15) is 28.2 Å². The first-order chi connectivity index (χ1) is 22.7. The lowest BCUT2D eigenvalue weighted by Crippen LogP contribution is -2.42. The third-order valence-corrected chi connectivity index (χ3v) is 8.54. The van der Waals surface area contributed by atoms with Crippen molar-refractivity contribution in [3.05, 3.63) is 42.2 Å². The second kappa shape index (κ2) is 15.9. The van der Waals surface area contributed by atoms with Gasteiger partial charge in [-0.3, -0.25) is 4.79 Å². The van der Waals surface area contributed by atoms with Gasteiger partial charge in [0.25, 0.3) is 0 Å². The van der Waals surface area contributed by atoms with E-state index in [-0.39, 0.29) is 11.9 Å². The number of amides is 1. The average Bonchev–Trinajstić information content (AvgIpc) is 3.77. The Morgan fingerprint density at radius 1 is 1.15 bits per heavy atom. The van der Waals surface area contributed by atoms with Crippen LogP contribution >= 0.6 is 0 Å². The van der Waals surface area contributed by atoms with Crippen LogP contribution < -0.4 is 15.5 Å². The molecule has 0 spiro atoms. The predicted octanol–water partition coefficient (Wildman–Crippen LogP) is 1.83. The number of anilines is 2. The van der Waals surface area contributed by atoms with E-state index in [4.69, 9.17) is 24.6 Å². The minimum Gasteiger partial charge on any atom is -0.475 e. The maximum atomic E-state index is 12.1. The number of aliphatic hydroxyl groups is 2. The van der Waals surface area contributed by atoms with Gasteiger partial charge in [0, 0.05) is 32.7 Å². The number of benzene rings is 1. The van der Waals surface area contributed by atoms with Crippen molar-refractivity contribution in [2.45, 2.75) is 75.2 Å². The first kappa shape index (κ1) is 36.8. The molecule has 6 atom stereocenters. The highest BCUT2D eigenvalue weighted by Crippen LogP contribution is 2.35. The van der Waals surface area contributed by atoms with E-state index >= 15 is 0 Å². The molecule has 1 saturated heterocycles.